The molecule has 0 radical (unpaired) electrons. The molecule has 1 rings (SSSR count). The lowest BCUT2D eigenvalue weighted by molar-refractivity contribution is -0.153. The van der Waals surface area contributed by atoms with E-state index in [0.29, 0.717) is 18.4 Å². The van der Waals surface area contributed by atoms with Crippen molar-refractivity contribution in [3.63, 3.8) is 0 Å². The van der Waals surface area contributed by atoms with Crippen LogP contribution in [0.3, 0.4) is 0 Å². The van der Waals surface area contributed by atoms with Crippen molar-refractivity contribution < 1.29 is 9.47 Å². The number of rotatable bonds is 6. The highest BCUT2D eigenvalue weighted by Crippen LogP contribution is 2.29. The first-order valence-corrected chi connectivity index (χ1v) is 6.57. The quantitative estimate of drug-likeness (QED) is 0.404. The number of hydrogen-bond acceptors (Lipinski definition) is 2. The van der Waals surface area contributed by atoms with E-state index < -0.39 is 0 Å². The molecule has 0 spiro atoms. The summed E-state index contributed by atoms with van der Waals surface area (Å²) in [5.41, 5.74) is 2.80. The Kier molecular flexibility index (Phi) is 5.81. The van der Waals surface area contributed by atoms with Crippen LogP contribution in [-0.4, -0.2) is 24.9 Å². The molecule has 2 nitrogen and oxygen atoms in total. The van der Waals surface area contributed by atoms with Gasteiger partial charge in [-0.1, -0.05) is 19.4 Å². The Hall–Kier alpha value is -0.0500. The summed E-state index contributed by atoms with van der Waals surface area (Å²) in [6.07, 6.45) is 2.14. The van der Waals surface area contributed by atoms with Gasteiger partial charge in [-0.25, -0.2) is 0 Å². The number of ether oxygens (including phenoxy) is 2. The molecular formula is C13H23ClO2. The van der Waals surface area contributed by atoms with Crippen molar-refractivity contribution in [3.8, 4) is 0 Å². The summed E-state index contributed by atoms with van der Waals surface area (Å²) < 4.78 is 11.5. The van der Waals surface area contributed by atoms with E-state index in [0.717, 1.165) is 12.8 Å². The van der Waals surface area contributed by atoms with Gasteiger partial charge in [-0.05, 0) is 38.2 Å². The lowest BCUT2D eigenvalue weighted by atomic mass is 10.2. The second-order valence-electron chi connectivity index (χ2n) is 4.94. The van der Waals surface area contributed by atoms with Crippen molar-refractivity contribution in [1.29, 1.82) is 0 Å². The summed E-state index contributed by atoms with van der Waals surface area (Å²) in [5.74, 6) is 0.909. The Morgan fingerprint density at radius 3 is 2.50 bits per heavy atom. The number of halogens is 1. The van der Waals surface area contributed by atoms with Crippen LogP contribution in [0.25, 0.3) is 0 Å². The average Bonchev–Trinajstić information content (AvgIpc) is 2.55. The number of hydrogen-bond donors (Lipinski definition) is 0. The Balaban J connectivity index is 2.39. The molecule has 0 aromatic carbocycles. The highest BCUT2D eigenvalue weighted by Gasteiger charge is 2.24. The maximum Gasteiger partial charge on any atom is 0.171 e. The van der Waals surface area contributed by atoms with Crippen LogP contribution in [0.5, 0.6) is 0 Å². The van der Waals surface area contributed by atoms with Gasteiger partial charge in [-0.2, -0.15) is 0 Å². The molecule has 0 saturated carbocycles. The molecule has 0 fully saturated rings. The SMILES string of the molecule is CC1=C(C)C(OC(CCl)OCC(C)C)CC1. The third kappa shape index (κ3) is 4.08. The van der Waals surface area contributed by atoms with E-state index in [9.17, 15) is 0 Å². The molecule has 1 aliphatic rings. The molecular weight excluding hydrogens is 224 g/mol. The van der Waals surface area contributed by atoms with Gasteiger partial charge < -0.3 is 9.47 Å². The van der Waals surface area contributed by atoms with Crippen molar-refractivity contribution in [1.82, 2.24) is 0 Å². The van der Waals surface area contributed by atoms with Crippen molar-refractivity contribution in [2.75, 3.05) is 12.5 Å². The standard InChI is InChI=1S/C13H23ClO2/c1-9(2)8-15-13(7-14)16-12-6-5-10(3)11(12)4/h9,12-13H,5-8H2,1-4H3. The van der Waals surface area contributed by atoms with Gasteiger partial charge in [0, 0.05) is 0 Å². The van der Waals surface area contributed by atoms with Crippen LogP contribution in [0.2, 0.25) is 0 Å². The smallest absolute Gasteiger partial charge is 0.171 e. The van der Waals surface area contributed by atoms with Crippen LogP contribution >= 0.6 is 11.6 Å². The highest BCUT2D eigenvalue weighted by molar-refractivity contribution is 6.18. The molecule has 0 aromatic heterocycles. The van der Waals surface area contributed by atoms with E-state index in [1.165, 1.54) is 11.1 Å². The van der Waals surface area contributed by atoms with Gasteiger partial charge in [0.1, 0.15) is 0 Å². The maximum absolute atomic E-state index is 5.88. The van der Waals surface area contributed by atoms with E-state index in [4.69, 9.17) is 21.1 Å². The Morgan fingerprint density at radius 1 is 1.38 bits per heavy atom. The van der Waals surface area contributed by atoms with Gasteiger partial charge in [-0.3, -0.25) is 0 Å². The normalized spacial score (nSPS) is 23.2. The number of alkyl halides is 1. The molecule has 0 N–H and O–H groups in total. The van der Waals surface area contributed by atoms with Gasteiger partial charge in [0.2, 0.25) is 0 Å². The first-order valence-electron chi connectivity index (χ1n) is 6.03. The van der Waals surface area contributed by atoms with Crippen molar-refractivity contribution in [3.05, 3.63) is 11.1 Å². The van der Waals surface area contributed by atoms with Crippen LogP contribution in [0.4, 0.5) is 0 Å². The van der Waals surface area contributed by atoms with Gasteiger partial charge in [0.05, 0.1) is 18.6 Å². The lowest BCUT2D eigenvalue weighted by Crippen LogP contribution is -2.27. The highest BCUT2D eigenvalue weighted by atomic mass is 35.5. The first kappa shape index (κ1) is 14.0. The predicted molar refractivity (Wildman–Crippen MR) is 67.8 cm³/mol. The molecule has 94 valence electrons. The molecule has 0 aliphatic heterocycles. The molecule has 0 bridgehead atoms. The van der Waals surface area contributed by atoms with E-state index >= 15 is 0 Å². The molecule has 16 heavy (non-hydrogen) atoms. The minimum absolute atomic E-state index is 0.205. The Labute approximate surface area is 104 Å². The molecule has 1 aliphatic carbocycles. The maximum atomic E-state index is 5.88. The van der Waals surface area contributed by atoms with Gasteiger partial charge in [0.15, 0.2) is 6.29 Å². The lowest BCUT2D eigenvalue weighted by Gasteiger charge is -2.22. The van der Waals surface area contributed by atoms with Crippen molar-refractivity contribution in [2.24, 2.45) is 5.92 Å². The van der Waals surface area contributed by atoms with Gasteiger partial charge in [-0.15, -0.1) is 11.6 Å². The zero-order chi connectivity index (χ0) is 12.1. The van der Waals surface area contributed by atoms with Crippen LogP contribution in [0.1, 0.15) is 40.5 Å². The predicted octanol–water partition coefficient (Wildman–Crippen LogP) is 3.74. The van der Waals surface area contributed by atoms with E-state index in [2.05, 4.69) is 27.7 Å². The first-order chi connectivity index (χ1) is 7.54. The van der Waals surface area contributed by atoms with Crippen LogP contribution in [-0.2, 0) is 9.47 Å². The summed E-state index contributed by atoms with van der Waals surface area (Å²) in [7, 11) is 0. The number of allylic oxidation sites excluding steroid dienone is 1. The molecule has 0 heterocycles. The summed E-state index contributed by atoms with van der Waals surface area (Å²) >= 11 is 5.85. The minimum atomic E-state index is -0.269. The summed E-state index contributed by atoms with van der Waals surface area (Å²) in [6, 6.07) is 0. The van der Waals surface area contributed by atoms with E-state index in [1.807, 2.05) is 0 Å². The van der Waals surface area contributed by atoms with Crippen LogP contribution in [0.15, 0.2) is 11.1 Å². The summed E-state index contributed by atoms with van der Waals surface area (Å²) in [5, 5.41) is 0. The van der Waals surface area contributed by atoms with E-state index in [1.54, 1.807) is 0 Å². The fourth-order valence-electron chi connectivity index (χ4n) is 1.81. The molecule has 0 amide bonds. The minimum Gasteiger partial charge on any atom is -0.351 e. The van der Waals surface area contributed by atoms with E-state index in [-0.39, 0.29) is 12.4 Å². The van der Waals surface area contributed by atoms with Crippen molar-refractivity contribution in [2.45, 2.75) is 52.9 Å². The van der Waals surface area contributed by atoms with Crippen LogP contribution < -0.4 is 0 Å². The molecule has 0 saturated heterocycles. The topological polar surface area (TPSA) is 18.5 Å². The largest absolute Gasteiger partial charge is 0.351 e. The zero-order valence-electron chi connectivity index (χ0n) is 10.8. The fourth-order valence-corrected chi connectivity index (χ4v) is 1.97. The van der Waals surface area contributed by atoms with Crippen LogP contribution in [0, 0.1) is 5.92 Å². The third-order valence-corrected chi connectivity index (χ3v) is 3.25. The van der Waals surface area contributed by atoms with Crippen molar-refractivity contribution >= 4 is 11.6 Å². The average molecular weight is 247 g/mol. The summed E-state index contributed by atoms with van der Waals surface area (Å²) in [4.78, 5) is 0. The Bertz CT molecular complexity index is 248. The molecule has 2 atom stereocenters. The summed E-state index contributed by atoms with van der Waals surface area (Å²) in [6.45, 7) is 9.25. The van der Waals surface area contributed by atoms with Gasteiger partial charge >= 0.3 is 0 Å². The van der Waals surface area contributed by atoms with Gasteiger partial charge in [0.25, 0.3) is 0 Å². The molecule has 2 unspecified atom stereocenters. The fraction of sp³-hybridized carbons (Fsp3) is 0.846. The molecule has 0 aromatic rings. The Morgan fingerprint density at radius 2 is 2.06 bits per heavy atom. The second-order valence-corrected chi connectivity index (χ2v) is 5.25. The monoisotopic (exact) mass is 246 g/mol. The second kappa shape index (κ2) is 6.63. The third-order valence-electron chi connectivity index (χ3n) is 3.00. The zero-order valence-corrected chi connectivity index (χ0v) is 11.5. The molecule has 3 heteroatoms.